The van der Waals surface area contributed by atoms with Gasteiger partial charge in [-0.15, -0.1) is 0 Å². The van der Waals surface area contributed by atoms with Gasteiger partial charge < -0.3 is 29.7 Å². The molecule has 0 fully saturated rings. The van der Waals surface area contributed by atoms with Gasteiger partial charge in [0.2, 0.25) is 0 Å². The largest absolute Gasteiger partial charge is 0.497 e. The predicted molar refractivity (Wildman–Crippen MR) is 140 cm³/mol. The van der Waals surface area contributed by atoms with Crippen molar-refractivity contribution >= 4 is 29.2 Å². The van der Waals surface area contributed by atoms with E-state index in [4.69, 9.17) is 14.2 Å². The highest BCUT2D eigenvalue weighted by molar-refractivity contribution is 5.67. The molecule has 2 aromatic rings. The van der Waals surface area contributed by atoms with E-state index >= 15 is 0 Å². The minimum Gasteiger partial charge on any atom is -0.497 e. The van der Waals surface area contributed by atoms with Gasteiger partial charge in [-0.3, -0.25) is 0 Å². The molecule has 0 unspecified atom stereocenters. The first kappa shape index (κ1) is 28.4. The normalized spacial score (nSPS) is 10.6. The van der Waals surface area contributed by atoms with Crippen molar-refractivity contribution in [2.75, 3.05) is 51.9 Å². The smallest absolute Gasteiger partial charge is 0.407 e. The third-order valence-electron chi connectivity index (χ3n) is 5.26. The summed E-state index contributed by atoms with van der Waals surface area (Å²) in [5, 5.41) is 13.7. The standard InChI is InChI=1S/C26H37N5O5/c1-4-5-6-7-16-28-26(33)36-20-18-31(17-19-35-25(32)27-2)23-12-8-21(9-13-23)29-30-22-10-14-24(34-3)15-11-22/h8-15H,4-7,16-20H2,1-3H3,(H,27,32)(H,28,33)/b30-29+. The fraction of sp³-hybridized carbons (Fsp3) is 0.462. The van der Waals surface area contributed by atoms with Crippen LogP contribution < -0.4 is 20.3 Å². The van der Waals surface area contributed by atoms with Crippen LogP contribution >= 0.6 is 0 Å². The zero-order valence-electron chi connectivity index (χ0n) is 21.4. The van der Waals surface area contributed by atoms with Crippen LogP contribution in [0.1, 0.15) is 32.6 Å². The van der Waals surface area contributed by atoms with Crippen LogP contribution in [0.3, 0.4) is 0 Å². The number of rotatable bonds is 15. The monoisotopic (exact) mass is 499 g/mol. The number of carbonyl (C=O) groups excluding carboxylic acids is 2. The molecule has 0 spiro atoms. The summed E-state index contributed by atoms with van der Waals surface area (Å²) < 4.78 is 15.6. The topological polar surface area (TPSA) is 114 Å². The average Bonchev–Trinajstić information content (AvgIpc) is 2.91. The lowest BCUT2D eigenvalue weighted by atomic mass is 10.2. The van der Waals surface area contributed by atoms with Crippen LogP contribution in [0.2, 0.25) is 0 Å². The maximum atomic E-state index is 11.9. The summed E-state index contributed by atoms with van der Waals surface area (Å²) in [7, 11) is 3.12. The zero-order chi connectivity index (χ0) is 26.0. The molecule has 10 heteroatoms. The molecule has 0 radical (unpaired) electrons. The first-order valence-electron chi connectivity index (χ1n) is 12.2. The van der Waals surface area contributed by atoms with Crippen molar-refractivity contribution < 1.29 is 23.8 Å². The minimum atomic E-state index is -0.497. The Labute approximate surface area is 213 Å². The van der Waals surface area contributed by atoms with Gasteiger partial charge in [-0.25, -0.2) is 9.59 Å². The fourth-order valence-corrected chi connectivity index (χ4v) is 3.23. The number of hydrogen-bond acceptors (Lipinski definition) is 8. The van der Waals surface area contributed by atoms with E-state index in [1.165, 1.54) is 7.05 Å². The third kappa shape index (κ3) is 11.1. The summed E-state index contributed by atoms with van der Waals surface area (Å²) in [6.45, 7) is 4.00. The van der Waals surface area contributed by atoms with Gasteiger partial charge in [0.1, 0.15) is 19.0 Å². The Morgan fingerprint density at radius 2 is 1.42 bits per heavy atom. The predicted octanol–water partition coefficient (Wildman–Crippen LogP) is 5.58. The molecule has 0 saturated carbocycles. The number of anilines is 1. The molecular formula is C26H37N5O5. The highest BCUT2D eigenvalue weighted by atomic mass is 16.6. The van der Waals surface area contributed by atoms with Crippen molar-refractivity contribution in [3.63, 3.8) is 0 Å². The molecule has 196 valence electrons. The Bertz CT molecular complexity index is 935. The Kier molecular flexibility index (Phi) is 13.2. The second-order valence-corrected chi connectivity index (χ2v) is 7.91. The third-order valence-corrected chi connectivity index (χ3v) is 5.26. The lowest BCUT2D eigenvalue weighted by molar-refractivity contribution is 0.145. The summed E-state index contributed by atoms with van der Waals surface area (Å²) >= 11 is 0. The average molecular weight is 500 g/mol. The number of hydrogen-bond donors (Lipinski definition) is 2. The van der Waals surface area contributed by atoms with Gasteiger partial charge >= 0.3 is 12.2 Å². The van der Waals surface area contributed by atoms with Crippen LogP contribution in [0.4, 0.5) is 26.7 Å². The number of nitrogens with one attached hydrogen (secondary N) is 2. The van der Waals surface area contributed by atoms with Crippen molar-refractivity contribution in [1.82, 2.24) is 10.6 Å². The van der Waals surface area contributed by atoms with Crippen molar-refractivity contribution in [3.8, 4) is 5.75 Å². The van der Waals surface area contributed by atoms with Gasteiger partial charge in [-0.2, -0.15) is 10.2 Å². The van der Waals surface area contributed by atoms with Crippen LogP contribution in [-0.2, 0) is 9.47 Å². The first-order valence-corrected chi connectivity index (χ1v) is 12.2. The molecule has 2 amide bonds. The van der Waals surface area contributed by atoms with Crippen LogP contribution in [0, 0.1) is 0 Å². The van der Waals surface area contributed by atoms with Gasteiger partial charge in [0, 0.05) is 19.3 Å². The van der Waals surface area contributed by atoms with E-state index < -0.39 is 12.2 Å². The number of ether oxygens (including phenoxy) is 3. The molecule has 36 heavy (non-hydrogen) atoms. The lowest BCUT2D eigenvalue weighted by Gasteiger charge is -2.24. The van der Waals surface area contributed by atoms with Crippen molar-refractivity contribution in [2.24, 2.45) is 10.2 Å². The minimum absolute atomic E-state index is 0.183. The Balaban J connectivity index is 1.91. The molecule has 0 bridgehead atoms. The number of alkyl carbamates (subject to hydrolysis) is 2. The molecule has 0 saturated heterocycles. The number of methoxy groups -OCH3 is 1. The summed E-state index contributed by atoms with van der Waals surface area (Å²) in [6.07, 6.45) is 3.41. The maximum Gasteiger partial charge on any atom is 0.407 e. The van der Waals surface area contributed by atoms with E-state index in [2.05, 4.69) is 27.8 Å². The van der Waals surface area contributed by atoms with E-state index in [1.54, 1.807) is 7.11 Å². The molecule has 2 aromatic carbocycles. The number of unbranched alkanes of at least 4 members (excludes halogenated alkanes) is 3. The van der Waals surface area contributed by atoms with E-state index in [9.17, 15) is 9.59 Å². The van der Waals surface area contributed by atoms with E-state index in [1.807, 2.05) is 53.4 Å². The Hall–Kier alpha value is -3.82. The molecule has 0 aliphatic heterocycles. The van der Waals surface area contributed by atoms with Crippen molar-refractivity contribution in [3.05, 3.63) is 48.5 Å². The van der Waals surface area contributed by atoms with Crippen LogP contribution in [0.5, 0.6) is 5.75 Å². The molecule has 2 rings (SSSR count). The molecular weight excluding hydrogens is 462 g/mol. The maximum absolute atomic E-state index is 11.9. The van der Waals surface area contributed by atoms with Gasteiger partial charge in [0.15, 0.2) is 0 Å². The fourth-order valence-electron chi connectivity index (χ4n) is 3.23. The van der Waals surface area contributed by atoms with Crippen LogP contribution in [-0.4, -0.2) is 59.2 Å². The Morgan fingerprint density at radius 1 is 0.833 bits per heavy atom. The van der Waals surface area contributed by atoms with Crippen molar-refractivity contribution in [1.29, 1.82) is 0 Å². The molecule has 0 heterocycles. The number of azo groups is 1. The molecule has 0 aliphatic carbocycles. The van der Waals surface area contributed by atoms with Crippen LogP contribution in [0.15, 0.2) is 58.8 Å². The SMILES string of the molecule is CCCCCCNC(=O)OCCN(CCOC(=O)NC)c1ccc(/N=N/c2ccc(OC)cc2)cc1. The van der Waals surface area contributed by atoms with Gasteiger partial charge in [0.25, 0.3) is 0 Å². The second kappa shape index (κ2) is 16.7. The number of carbonyl (C=O) groups is 2. The van der Waals surface area contributed by atoms with E-state index in [-0.39, 0.29) is 13.2 Å². The highest BCUT2D eigenvalue weighted by Gasteiger charge is 2.10. The lowest BCUT2D eigenvalue weighted by Crippen LogP contribution is -2.34. The molecule has 0 atom stereocenters. The molecule has 10 nitrogen and oxygen atoms in total. The summed E-state index contributed by atoms with van der Waals surface area (Å²) in [5.74, 6) is 0.757. The Morgan fingerprint density at radius 3 is 1.97 bits per heavy atom. The molecule has 2 N–H and O–H groups in total. The molecule has 0 aromatic heterocycles. The first-order chi connectivity index (χ1) is 17.5. The van der Waals surface area contributed by atoms with Gasteiger partial charge in [-0.1, -0.05) is 26.2 Å². The van der Waals surface area contributed by atoms with E-state index in [0.29, 0.717) is 31.0 Å². The summed E-state index contributed by atoms with van der Waals surface area (Å²) in [5.41, 5.74) is 2.28. The summed E-state index contributed by atoms with van der Waals surface area (Å²) in [6, 6.07) is 14.8. The van der Waals surface area contributed by atoms with Gasteiger partial charge in [-0.05, 0) is 55.0 Å². The van der Waals surface area contributed by atoms with E-state index in [0.717, 1.165) is 37.1 Å². The van der Waals surface area contributed by atoms with Gasteiger partial charge in [0.05, 0.1) is 31.6 Å². The van der Waals surface area contributed by atoms with Crippen LogP contribution in [0.25, 0.3) is 0 Å². The quantitative estimate of drug-likeness (QED) is 0.244. The molecule has 0 aliphatic rings. The zero-order valence-corrected chi connectivity index (χ0v) is 21.4. The number of benzene rings is 2. The summed E-state index contributed by atoms with van der Waals surface area (Å²) in [4.78, 5) is 25.3. The number of amides is 2. The number of nitrogens with zero attached hydrogens (tertiary/aromatic N) is 3. The second-order valence-electron chi connectivity index (χ2n) is 7.91. The van der Waals surface area contributed by atoms with Crippen molar-refractivity contribution in [2.45, 2.75) is 32.6 Å². The highest BCUT2D eigenvalue weighted by Crippen LogP contribution is 2.23.